The van der Waals surface area contributed by atoms with Gasteiger partial charge in [-0.3, -0.25) is 0 Å². The van der Waals surface area contributed by atoms with E-state index in [0.717, 1.165) is 6.69 Å². The smallest absolute Gasteiger partial charge is 0.200 e. The van der Waals surface area contributed by atoms with Crippen molar-refractivity contribution in [3.05, 3.63) is 0 Å². The predicted octanol–water partition coefficient (Wildman–Crippen LogP) is 2.43. The number of halogens is 1. The van der Waals surface area contributed by atoms with Gasteiger partial charge in [0, 0.05) is 0 Å². The fraction of sp³-hybridized carbons (Fsp3) is 1.00. The van der Waals surface area contributed by atoms with Gasteiger partial charge in [0.1, 0.15) is 0 Å². The minimum Gasteiger partial charge on any atom is -0.200 e. The predicted molar refractivity (Wildman–Crippen MR) is 41.9 cm³/mol. The van der Waals surface area contributed by atoms with Crippen molar-refractivity contribution in [1.29, 1.82) is 0 Å². The Bertz CT molecular complexity index is 68.9. The van der Waals surface area contributed by atoms with E-state index in [4.69, 9.17) is 11.5 Å². The van der Waals surface area contributed by atoms with Gasteiger partial charge in [-0.15, -0.1) is 0 Å². The average Bonchev–Trinajstić information content (AvgIpc) is 1.67. The van der Waals surface area contributed by atoms with Gasteiger partial charge in [-0.25, -0.2) is 11.5 Å². The molecule has 0 aliphatic rings. The minimum absolute atomic E-state index is 0.307. The van der Waals surface area contributed by atoms with Crippen LogP contribution in [0.2, 0.25) is 5.31 Å². The Morgan fingerprint density at radius 2 is 1.75 bits per heavy atom. The third kappa shape index (κ3) is 2.08. The van der Waals surface area contributed by atoms with Gasteiger partial charge in [0.2, 0.25) is 6.69 Å². The first-order valence-corrected chi connectivity index (χ1v) is 3.60. The second-order valence-corrected chi connectivity index (χ2v) is 3.54. The van der Waals surface area contributed by atoms with E-state index in [9.17, 15) is 0 Å². The van der Waals surface area contributed by atoms with Crippen LogP contribution in [0.3, 0.4) is 0 Å². The van der Waals surface area contributed by atoms with Gasteiger partial charge in [0.25, 0.3) is 0 Å². The molecule has 0 heterocycles. The average molecular weight is 132 g/mol. The molecule has 0 rings (SSSR count). The lowest BCUT2D eigenvalue weighted by Gasteiger charge is -2.24. The summed E-state index contributed by atoms with van der Waals surface area (Å²) in [5.41, 5.74) is 0. The third-order valence-corrected chi connectivity index (χ3v) is 2.60. The molecular weight excluding hydrogens is 118 g/mol. The molecule has 48 valence electrons. The van der Waals surface area contributed by atoms with Crippen LogP contribution < -0.4 is 0 Å². The van der Waals surface area contributed by atoms with E-state index in [1.165, 1.54) is 0 Å². The molecule has 0 saturated carbocycles. The molecule has 0 N–H and O–H groups in total. The Morgan fingerprint density at radius 1 is 1.38 bits per heavy atom. The number of hydrogen-bond acceptors (Lipinski definition) is 0. The second kappa shape index (κ2) is 2.77. The van der Waals surface area contributed by atoms with Crippen LogP contribution in [0, 0.1) is 5.92 Å². The third-order valence-electron chi connectivity index (χ3n) is 1.91. The van der Waals surface area contributed by atoms with E-state index in [1.54, 1.807) is 0 Å². The van der Waals surface area contributed by atoms with Crippen LogP contribution in [0.1, 0.15) is 27.7 Å². The molecule has 0 aromatic rings. The molecule has 0 fully saturated rings. The Balaban J connectivity index is 3.71. The van der Waals surface area contributed by atoms with Crippen molar-refractivity contribution in [2.24, 2.45) is 5.92 Å². The first kappa shape index (κ1) is 8.35. The van der Waals surface area contributed by atoms with Gasteiger partial charge >= 0.3 is 0 Å². The molecule has 0 aromatic heterocycles. The van der Waals surface area contributed by atoms with Gasteiger partial charge in [-0.2, -0.15) is 0 Å². The van der Waals surface area contributed by atoms with E-state index in [-0.39, 0.29) is 0 Å². The topological polar surface area (TPSA) is 0 Å². The van der Waals surface area contributed by atoms with Crippen LogP contribution in [0.4, 0.5) is 0 Å². The zero-order valence-corrected chi connectivity index (χ0v) is 6.92. The maximum absolute atomic E-state index is 5.69. The van der Waals surface area contributed by atoms with E-state index in [2.05, 4.69) is 27.7 Å². The second-order valence-electron chi connectivity index (χ2n) is 3.28. The SMILES string of the molecule is CC(C)C(C)(C)BCl. The molecule has 2 heteroatoms. The fourth-order valence-electron chi connectivity index (χ4n) is 0.154. The lowest BCUT2D eigenvalue weighted by Crippen LogP contribution is -2.15. The van der Waals surface area contributed by atoms with Gasteiger partial charge in [-0.05, 0) is 11.2 Å². The Kier molecular flexibility index (Phi) is 2.89. The molecule has 0 aliphatic heterocycles. The van der Waals surface area contributed by atoms with E-state index in [0.29, 0.717) is 11.2 Å². The molecule has 0 aliphatic carbocycles. The van der Waals surface area contributed by atoms with E-state index in [1.807, 2.05) is 0 Å². The molecule has 0 atom stereocenters. The fourth-order valence-corrected chi connectivity index (χ4v) is 0.463. The largest absolute Gasteiger partial charge is 0.239 e. The molecule has 0 unspecified atom stereocenters. The number of rotatable bonds is 2. The van der Waals surface area contributed by atoms with Crippen LogP contribution in [0.5, 0.6) is 0 Å². The molecule has 0 saturated heterocycles. The molecule has 0 spiro atoms. The highest BCUT2D eigenvalue weighted by Crippen LogP contribution is 2.33. The quantitative estimate of drug-likeness (QED) is 0.506. The van der Waals surface area contributed by atoms with Crippen LogP contribution in [-0.4, -0.2) is 6.69 Å². The summed E-state index contributed by atoms with van der Waals surface area (Å²) in [5.74, 6) is 0.681. The van der Waals surface area contributed by atoms with Gasteiger partial charge < -0.3 is 0 Å². The zero-order valence-electron chi connectivity index (χ0n) is 6.16. The first-order valence-electron chi connectivity index (χ1n) is 3.06. The molecule has 0 amide bonds. The highest BCUT2D eigenvalue weighted by molar-refractivity contribution is 6.95. The van der Waals surface area contributed by atoms with E-state index < -0.39 is 0 Å². The zero-order chi connectivity index (χ0) is 6.78. The van der Waals surface area contributed by atoms with Crippen molar-refractivity contribution >= 4 is 18.2 Å². The maximum atomic E-state index is 5.69. The number of hydrogen-bond donors (Lipinski definition) is 0. The lowest BCUT2D eigenvalue weighted by molar-refractivity contribution is 0.478. The van der Waals surface area contributed by atoms with E-state index >= 15 is 0 Å². The van der Waals surface area contributed by atoms with Crippen molar-refractivity contribution in [2.45, 2.75) is 33.0 Å². The molecular formula is C6H14BCl. The highest BCUT2D eigenvalue weighted by Gasteiger charge is 2.21. The summed E-state index contributed by atoms with van der Waals surface area (Å²) in [7, 11) is 0. The standard InChI is InChI=1S/C6H14BCl/c1-5(2)6(3,4)7-8/h5,7H,1-4H3. The van der Waals surface area contributed by atoms with Crippen LogP contribution in [-0.2, 0) is 0 Å². The first-order chi connectivity index (χ1) is 3.50. The van der Waals surface area contributed by atoms with Crippen molar-refractivity contribution in [3.8, 4) is 0 Å². The Labute approximate surface area is 57.8 Å². The molecule has 0 bridgehead atoms. The summed E-state index contributed by atoms with van der Waals surface area (Å²) >= 11 is 5.69. The Hall–Kier alpha value is 0.355. The van der Waals surface area contributed by atoms with Gasteiger partial charge in [0.15, 0.2) is 0 Å². The van der Waals surface area contributed by atoms with Gasteiger partial charge in [0.05, 0.1) is 0 Å². The summed E-state index contributed by atoms with van der Waals surface area (Å²) < 4.78 is 0. The van der Waals surface area contributed by atoms with Gasteiger partial charge in [-0.1, -0.05) is 27.7 Å². The Morgan fingerprint density at radius 3 is 1.75 bits per heavy atom. The molecule has 0 aromatic carbocycles. The van der Waals surface area contributed by atoms with Crippen LogP contribution >= 0.6 is 11.5 Å². The monoisotopic (exact) mass is 132 g/mol. The highest BCUT2D eigenvalue weighted by atomic mass is 35.5. The molecule has 8 heavy (non-hydrogen) atoms. The van der Waals surface area contributed by atoms with Crippen molar-refractivity contribution < 1.29 is 0 Å². The summed E-state index contributed by atoms with van der Waals surface area (Å²) in [6.45, 7) is 9.52. The van der Waals surface area contributed by atoms with Crippen LogP contribution in [0.25, 0.3) is 0 Å². The summed E-state index contributed by atoms with van der Waals surface area (Å²) in [5, 5.41) is 0.307. The summed E-state index contributed by atoms with van der Waals surface area (Å²) in [6.07, 6.45) is 0. The molecule has 0 nitrogen and oxygen atoms in total. The van der Waals surface area contributed by atoms with Crippen molar-refractivity contribution in [3.63, 3.8) is 0 Å². The molecule has 0 radical (unpaired) electrons. The minimum atomic E-state index is 0.307. The lowest BCUT2D eigenvalue weighted by atomic mass is 9.64. The van der Waals surface area contributed by atoms with Crippen molar-refractivity contribution in [2.75, 3.05) is 0 Å². The normalized spacial score (nSPS) is 12.2. The summed E-state index contributed by atoms with van der Waals surface area (Å²) in [6, 6.07) is 0. The maximum Gasteiger partial charge on any atom is 0.239 e. The summed E-state index contributed by atoms with van der Waals surface area (Å²) in [4.78, 5) is 0. The van der Waals surface area contributed by atoms with Crippen molar-refractivity contribution in [1.82, 2.24) is 0 Å². The van der Waals surface area contributed by atoms with Crippen LogP contribution in [0.15, 0.2) is 0 Å².